The molecule has 5 heteroatoms. The molecule has 0 radical (unpaired) electrons. The highest BCUT2D eigenvalue weighted by Crippen LogP contribution is 2.10. The summed E-state index contributed by atoms with van der Waals surface area (Å²) in [5.41, 5.74) is 7.05. The van der Waals surface area contributed by atoms with E-state index in [4.69, 9.17) is 5.73 Å². The Kier molecular flexibility index (Phi) is 4.66. The minimum atomic E-state index is -0.520. The van der Waals surface area contributed by atoms with Gasteiger partial charge in [-0.25, -0.2) is 0 Å². The Morgan fingerprint density at radius 1 is 1.41 bits per heavy atom. The van der Waals surface area contributed by atoms with Crippen molar-refractivity contribution in [2.24, 2.45) is 5.73 Å². The number of anilines is 1. The van der Waals surface area contributed by atoms with Crippen molar-refractivity contribution in [2.45, 2.75) is 26.4 Å². The van der Waals surface area contributed by atoms with E-state index in [0.717, 1.165) is 5.56 Å². The molecule has 17 heavy (non-hydrogen) atoms. The van der Waals surface area contributed by atoms with Crippen LogP contribution in [0.1, 0.15) is 19.4 Å². The molecule has 0 saturated heterocycles. The molecule has 1 aromatic carbocycles. The van der Waals surface area contributed by atoms with Crippen LogP contribution in [-0.4, -0.2) is 17.9 Å². The SMILES string of the molecule is CC(=O)Nc1cccc(CNC(=O)[C@@H](C)N)c1. The molecular formula is C12H17N3O2. The number of carbonyl (C=O) groups is 2. The first-order valence-corrected chi connectivity index (χ1v) is 5.39. The van der Waals surface area contributed by atoms with Crippen LogP contribution < -0.4 is 16.4 Å². The molecule has 0 aromatic heterocycles. The van der Waals surface area contributed by atoms with E-state index >= 15 is 0 Å². The van der Waals surface area contributed by atoms with Gasteiger partial charge in [-0.05, 0) is 24.6 Å². The van der Waals surface area contributed by atoms with Crippen molar-refractivity contribution in [3.05, 3.63) is 29.8 Å². The molecule has 0 aliphatic heterocycles. The normalized spacial score (nSPS) is 11.7. The standard InChI is InChI=1S/C12H17N3O2/c1-8(13)12(17)14-7-10-4-3-5-11(6-10)15-9(2)16/h3-6,8H,7,13H2,1-2H3,(H,14,17)(H,15,16)/t8-/m1/s1. The van der Waals surface area contributed by atoms with Crippen LogP contribution in [0.15, 0.2) is 24.3 Å². The first kappa shape index (κ1) is 13.2. The fourth-order valence-corrected chi connectivity index (χ4v) is 1.31. The zero-order valence-electron chi connectivity index (χ0n) is 9.99. The third-order valence-electron chi connectivity index (χ3n) is 2.13. The minimum Gasteiger partial charge on any atom is -0.351 e. The Hall–Kier alpha value is -1.88. The monoisotopic (exact) mass is 235 g/mol. The van der Waals surface area contributed by atoms with E-state index in [1.54, 1.807) is 13.0 Å². The summed E-state index contributed by atoms with van der Waals surface area (Å²) < 4.78 is 0. The second-order valence-electron chi connectivity index (χ2n) is 3.89. The molecule has 0 heterocycles. The van der Waals surface area contributed by atoms with Gasteiger partial charge >= 0.3 is 0 Å². The zero-order chi connectivity index (χ0) is 12.8. The van der Waals surface area contributed by atoms with Crippen LogP contribution in [0, 0.1) is 0 Å². The van der Waals surface area contributed by atoms with Gasteiger partial charge < -0.3 is 16.4 Å². The third kappa shape index (κ3) is 4.65. The van der Waals surface area contributed by atoms with Gasteiger partial charge in [0.2, 0.25) is 11.8 Å². The molecule has 5 nitrogen and oxygen atoms in total. The van der Waals surface area contributed by atoms with Crippen molar-refractivity contribution in [1.29, 1.82) is 0 Å². The van der Waals surface area contributed by atoms with Crippen molar-refractivity contribution in [3.8, 4) is 0 Å². The van der Waals surface area contributed by atoms with Gasteiger partial charge in [-0.15, -0.1) is 0 Å². The van der Waals surface area contributed by atoms with Crippen LogP contribution in [0.5, 0.6) is 0 Å². The maximum Gasteiger partial charge on any atom is 0.236 e. The molecule has 1 rings (SSSR count). The molecule has 1 atom stereocenters. The van der Waals surface area contributed by atoms with E-state index in [2.05, 4.69) is 10.6 Å². The van der Waals surface area contributed by atoms with Crippen molar-refractivity contribution < 1.29 is 9.59 Å². The molecule has 4 N–H and O–H groups in total. The minimum absolute atomic E-state index is 0.123. The van der Waals surface area contributed by atoms with Crippen LogP contribution in [0.3, 0.4) is 0 Å². The Morgan fingerprint density at radius 3 is 2.71 bits per heavy atom. The van der Waals surface area contributed by atoms with E-state index in [1.165, 1.54) is 6.92 Å². The smallest absolute Gasteiger partial charge is 0.236 e. The highest BCUT2D eigenvalue weighted by molar-refractivity contribution is 5.88. The lowest BCUT2D eigenvalue weighted by Gasteiger charge is -2.09. The zero-order valence-corrected chi connectivity index (χ0v) is 9.99. The quantitative estimate of drug-likeness (QED) is 0.714. The van der Waals surface area contributed by atoms with Crippen LogP contribution in [0.2, 0.25) is 0 Å². The van der Waals surface area contributed by atoms with Gasteiger partial charge in [-0.1, -0.05) is 12.1 Å². The van der Waals surface area contributed by atoms with E-state index < -0.39 is 6.04 Å². The average molecular weight is 235 g/mol. The Morgan fingerprint density at radius 2 is 2.12 bits per heavy atom. The topological polar surface area (TPSA) is 84.2 Å². The maximum absolute atomic E-state index is 11.3. The Balaban J connectivity index is 2.60. The summed E-state index contributed by atoms with van der Waals surface area (Å²) in [5.74, 6) is -0.323. The molecule has 0 fully saturated rings. The molecule has 1 aromatic rings. The fraction of sp³-hybridized carbons (Fsp3) is 0.333. The molecule has 92 valence electrons. The number of hydrogen-bond acceptors (Lipinski definition) is 3. The van der Waals surface area contributed by atoms with Gasteiger partial charge in [0.25, 0.3) is 0 Å². The summed E-state index contributed by atoms with van der Waals surface area (Å²) in [4.78, 5) is 22.2. The van der Waals surface area contributed by atoms with Gasteiger partial charge in [-0.3, -0.25) is 9.59 Å². The Bertz CT molecular complexity index is 416. The van der Waals surface area contributed by atoms with Gasteiger partial charge in [0.15, 0.2) is 0 Å². The van der Waals surface area contributed by atoms with E-state index in [1.807, 2.05) is 18.2 Å². The van der Waals surface area contributed by atoms with E-state index in [-0.39, 0.29) is 11.8 Å². The predicted octanol–water partition coefficient (Wildman–Crippen LogP) is 0.608. The summed E-state index contributed by atoms with van der Waals surface area (Å²) in [5, 5.41) is 5.38. The lowest BCUT2D eigenvalue weighted by atomic mass is 10.2. The molecule has 0 aliphatic rings. The van der Waals surface area contributed by atoms with Crippen molar-refractivity contribution >= 4 is 17.5 Å². The number of nitrogens with one attached hydrogen (secondary N) is 2. The molecule has 2 amide bonds. The second-order valence-corrected chi connectivity index (χ2v) is 3.89. The summed E-state index contributed by atoms with van der Waals surface area (Å²) in [6.07, 6.45) is 0. The number of hydrogen-bond donors (Lipinski definition) is 3. The molecule has 0 unspecified atom stereocenters. The first-order valence-electron chi connectivity index (χ1n) is 5.39. The van der Waals surface area contributed by atoms with Gasteiger partial charge in [-0.2, -0.15) is 0 Å². The van der Waals surface area contributed by atoms with Gasteiger partial charge in [0.1, 0.15) is 0 Å². The molecule has 0 bridgehead atoms. The summed E-state index contributed by atoms with van der Waals surface area (Å²) in [6, 6.07) is 6.76. The molecule has 0 saturated carbocycles. The summed E-state index contributed by atoms with van der Waals surface area (Å²) in [6.45, 7) is 3.47. The Labute approximate surface area is 100 Å². The number of amides is 2. The highest BCUT2D eigenvalue weighted by atomic mass is 16.2. The average Bonchev–Trinajstić information content (AvgIpc) is 2.25. The first-order chi connectivity index (χ1) is 7.99. The number of benzene rings is 1. The van der Waals surface area contributed by atoms with E-state index in [0.29, 0.717) is 12.2 Å². The van der Waals surface area contributed by atoms with Gasteiger partial charge in [0, 0.05) is 19.2 Å². The fourth-order valence-electron chi connectivity index (χ4n) is 1.31. The van der Waals surface area contributed by atoms with Crippen molar-refractivity contribution in [2.75, 3.05) is 5.32 Å². The summed E-state index contributed by atoms with van der Waals surface area (Å²) >= 11 is 0. The van der Waals surface area contributed by atoms with Crippen LogP contribution in [0.25, 0.3) is 0 Å². The number of rotatable bonds is 4. The van der Waals surface area contributed by atoms with Crippen LogP contribution in [0.4, 0.5) is 5.69 Å². The molecule has 0 aliphatic carbocycles. The largest absolute Gasteiger partial charge is 0.351 e. The third-order valence-corrected chi connectivity index (χ3v) is 2.13. The number of carbonyl (C=O) groups excluding carboxylic acids is 2. The lowest BCUT2D eigenvalue weighted by Crippen LogP contribution is -2.37. The van der Waals surface area contributed by atoms with Crippen molar-refractivity contribution in [3.63, 3.8) is 0 Å². The number of nitrogens with two attached hydrogens (primary N) is 1. The second kappa shape index (κ2) is 6.00. The van der Waals surface area contributed by atoms with Crippen LogP contribution >= 0.6 is 0 Å². The van der Waals surface area contributed by atoms with E-state index in [9.17, 15) is 9.59 Å². The summed E-state index contributed by atoms with van der Waals surface area (Å²) in [7, 11) is 0. The van der Waals surface area contributed by atoms with Crippen LogP contribution in [-0.2, 0) is 16.1 Å². The lowest BCUT2D eigenvalue weighted by molar-refractivity contribution is -0.122. The van der Waals surface area contributed by atoms with Gasteiger partial charge in [0.05, 0.1) is 6.04 Å². The van der Waals surface area contributed by atoms with Crippen molar-refractivity contribution in [1.82, 2.24) is 5.32 Å². The molecule has 0 spiro atoms. The predicted molar refractivity (Wildman–Crippen MR) is 66.2 cm³/mol. The maximum atomic E-state index is 11.3. The molecular weight excluding hydrogens is 218 g/mol. The highest BCUT2D eigenvalue weighted by Gasteiger charge is 2.06.